The van der Waals surface area contributed by atoms with Crippen LogP contribution in [0.5, 0.6) is 0 Å². The highest BCUT2D eigenvalue weighted by molar-refractivity contribution is 7.09. The van der Waals surface area contributed by atoms with Gasteiger partial charge in [-0.15, -0.1) is 11.3 Å². The molecule has 1 unspecified atom stereocenters. The zero-order valence-corrected chi connectivity index (χ0v) is 10.4. The molecule has 15 heavy (non-hydrogen) atoms. The SMILES string of the molecule is CCC(N)CCNCCc1csc(C)n1. The Bertz CT molecular complexity index is 273. The minimum atomic E-state index is 0.346. The summed E-state index contributed by atoms with van der Waals surface area (Å²) < 4.78 is 0. The summed E-state index contributed by atoms with van der Waals surface area (Å²) in [6, 6.07) is 0.346. The van der Waals surface area contributed by atoms with E-state index in [-0.39, 0.29) is 0 Å². The maximum atomic E-state index is 5.82. The Morgan fingerprint density at radius 2 is 2.33 bits per heavy atom. The molecule has 1 rings (SSSR count). The molecule has 1 atom stereocenters. The maximum absolute atomic E-state index is 5.82. The van der Waals surface area contributed by atoms with E-state index in [0.717, 1.165) is 37.4 Å². The minimum Gasteiger partial charge on any atom is -0.328 e. The van der Waals surface area contributed by atoms with Gasteiger partial charge in [-0.3, -0.25) is 0 Å². The molecule has 0 fully saturated rings. The summed E-state index contributed by atoms with van der Waals surface area (Å²) >= 11 is 1.72. The van der Waals surface area contributed by atoms with Crippen LogP contribution in [-0.4, -0.2) is 24.1 Å². The monoisotopic (exact) mass is 227 g/mol. The second kappa shape index (κ2) is 6.93. The zero-order valence-electron chi connectivity index (χ0n) is 9.62. The maximum Gasteiger partial charge on any atom is 0.0897 e. The van der Waals surface area contributed by atoms with Crippen LogP contribution in [0.25, 0.3) is 0 Å². The second-order valence-electron chi connectivity index (χ2n) is 3.81. The molecule has 0 amide bonds. The molecule has 1 heterocycles. The van der Waals surface area contributed by atoms with Crippen LogP contribution in [0.3, 0.4) is 0 Å². The molecule has 0 aliphatic heterocycles. The van der Waals surface area contributed by atoms with Crippen LogP contribution in [-0.2, 0) is 6.42 Å². The summed E-state index contributed by atoms with van der Waals surface area (Å²) in [4.78, 5) is 4.41. The number of nitrogens with one attached hydrogen (secondary N) is 1. The molecule has 0 spiro atoms. The molecule has 3 N–H and O–H groups in total. The number of thiazole rings is 1. The van der Waals surface area contributed by atoms with Crippen LogP contribution < -0.4 is 11.1 Å². The second-order valence-corrected chi connectivity index (χ2v) is 4.88. The molecule has 4 heteroatoms. The molecule has 1 aromatic rings. The van der Waals surface area contributed by atoms with Crippen molar-refractivity contribution in [2.45, 2.75) is 39.2 Å². The first kappa shape index (κ1) is 12.6. The number of aromatic nitrogens is 1. The van der Waals surface area contributed by atoms with Crippen molar-refractivity contribution in [2.75, 3.05) is 13.1 Å². The molecule has 0 bridgehead atoms. The van der Waals surface area contributed by atoms with Crippen LogP contribution in [0.15, 0.2) is 5.38 Å². The van der Waals surface area contributed by atoms with Crippen molar-refractivity contribution in [3.8, 4) is 0 Å². The van der Waals surface area contributed by atoms with Crippen molar-refractivity contribution in [1.82, 2.24) is 10.3 Å². The summed E-state index contributed by atoms with van der Waals surface area (Å²) in [5.74, 6) is 0. The van der Waals surface area contributed by atoms with Crippen LogP contribution in [0, 0.1) is 6.92 Å². The first-order valence-corrected chi connectivity index (χ1v) is 6.47. The molecule has 86 valence electrons. The number of rotatable bonds is 7. The molecule has 0 aromatic carbocycles. The summed E-state index contributed by atoms with van der Waals surface area (Å²) in [6.07, 6.45) is 3.14. The van der Waals surface area contributed by atoms with E-state index in [1.54, 1.807) is 11.3 Å². The van der Waals surface area contributed by atoms with Gasteiger partial charge in [0.2, 0.25) is 0 Å². The quantitative estimate of drug-likeness (QED) is 0.697. The first-order chi connectivity index (χ1) is 7.22. The fourth-order valence-corrected chi connectivity index (χ4v) is 2.00. The highest BCUT2D eigenvalue weighted by Gasteiger charge is 1.99. The van der Waals surface area contributed by atoms with E-state index < -0.39 is 0 Å². The van der Waals surface area contributed by atoms with Gasteiger partial charge in [0, 0.05) is 24.4 Å². The van der Waals surface area contributed by atoms with E-state index >= 15 is 0 Å². The van der Waals surface area contributed by atoms with E-state index in [2.05, 4.69) is 22.6 Å². The van der Waals surface area contributed by atoms with Crippen molar-refractivity contribution in [3.05, 3.63) is 16.1 Å². The van der Waals surface area contributed by atoms with Gasteiger partial charge >= 0.3 is 0 Å². The Labute approximate surface area is 96.1 Å². The first-order valence-electron chi connectivity index (χ1n) is 5.59. The average molecular weight is 227 g/mol. The Morgan fingerprint density at radius 3 is 2.93 bits per heavy atom. The molecule has 0 saturated heterocycles. The van der Waals surface area contributed by atoms with Crippen molar-refractivity contribution in [1.29, 1.82) is 0 Å². The number of aryl methyl sites for hydroxylation is 1. The Balaban J connectivity index is 2.02. The van der Waals surface area contributed by atoms with Gasteiger partial charge in [-0.05, 0) is 26.3 Å². The summed E-state index contributed by atoms with van der Waals surface area (Å²) in [6.45, 7) is 6.18. The fraction of sp³-hybridized carbons (Fsp3) is 0.727. The van der Waals surface area contributed by atoms with E-state index in [4.69, 9.17) is 5.73 Å². The molecule has 0 aliphatic rings. The fourth-order valence-electron chi connectivity index (χ4n) is 1.36. The molecular weight excluding hydrogens is 206 g/mol. The third kappa shape index (κ3) is 5.25. The zero-order chi connectivity index (χ0) is 11.1. The summed E-state index contributed by atoms with van der Waals surface area (Å²) in [7, 11) is 0. The number of nitrogens with two attached hydrogens (primary N) is 1. The van der Waals surface area contributed by atoms with Crippen molar-refractivity contribution in [3.63, 3.8) is 0 Å². The highest BCUT2D eigenvalue weighted by atomic mass is 32.1. The lowest BCUT2D eigenvalue weighted by Crippen LogP contribution is -2.27. The van der Waals surface area contributed by atoms with Gasteiger partial charge in [0.05, 0.1) is 10.7 Å². The molecule has 0 radical (unpaired) electrons. The van der Waals surface area contributed by atoms with Gasteiger partial charge in [0.15, 0.2) is 0 Å². The van der Waals surface area contributed by atoms with Crippen molar-refractivity contribution < 1.29 is 0 Å². The summed E-state index contributed by atoms with van der Waals surface area (Å²) in [5, 5.41) is 6.68. The van der Waals surface area contributed by atoms with E-state index in [1.165, 1.54) is 5.69 Å². The molecule has 1 aromatic heterocycles. The predicted octanol–water partition coefficient (Wildman–Crippen LogP) is 1.71. The number of hydrogen-bond donors (Lipinski definition) is 2. The highest BCUT2D eigenvalue weighted by Crippen LogP contribution is 2.07. The van der Waals surface area contributed by atoms with Crippen molar-refractivity contribution in [2.24, 2.45) is 5.73 Å². The topological polar surface area (TPSA) is 50.9 Å². The van der Waals surface area contributed by atoms with Crippen molar-refractivity contribution >= 4 is 11.3 Å². The van der Waals surface area contributed by atoms with Gasteiger partial charge < -0.3 is 11.1 Å². The summed E-state index contributed by atoms with van der Waals surface area (Å²) in [5.41, 5.74) is 7.02. The van der Waals surface area contributed by atoms with E-state index in [0.29, 0.717) is 6.04 Å². The molecule has 3 nitrogen and oxygen atoms in total. The number of hydrogen-bond acceptors (Lipinski definition) is 4. The van der Waals surface area contributed by atoms with Gasteiger partial charge in [0.1, 0.15) is 0 Å². The Hall–Kier alpha value is -0.450. The minimum absolute atomic E-state index is 0.346. The molecule has 0 saturated carbocycles. The van der Waals surface area contributed by atoms with Gasteiger partial charge in [-0.1, -0.05) is 6.92 Å². The van der Waals surface area contributed by atoms with Crippen LogP contribution in [0.1, 0.15) is 30.5 Å². The Morgan fingerprint density at radius 1 is 1.53 bits per heavy atom. The third-order valence-corrected chi connectivity index (χ3v) is 3.26. The molecule has 0 aliphatic carbocycles. The van der Waals surface area contributed by atoms with E-state index in [1.807, 2.05) is 6.92 Å². The van der Waals surface area contributed by atoms with Gasteiger partial charge in [0.25, 0.3) is 0 Å². The van der Waals surface area contributed by atoms with E-state index in [9.17, 15) is 0 Å². The smallest absolute Gasteiger partial charge is 0.0897 e. The lowest BCUT2D eigenvalue weighted by molar-refractivity contribution is 0.550. The standard InChI is InChI=1S/C11H21N3S/c1-3-10(12)4-6-13-7-5-11-8-15-9(2)14-11/h8,10,13H,3-7,12H2,1-2H3. The largest absolute Gasteiger partial charge is 0.328 e. The lowest BCUT2D eigenvalue weighted by Gasteiger charge is -2.08. The normalized spacial score (nSPS) is 13.0. The third-order valence-electron chi connectivity index (χ3n) is 2.44. The number of nitrogens with zero attached hydrogens (tertiary/aromatic N) is 1. The van der Waals surface area contributed by atoms with Gasteiger partial charge in [-0.2, -0.15) is 0 Å². The lowest BCUT2D eigenvalue weighted by atomic mass is 10.2. The van der Waals surface area contributed by atoms with Gasteiger partial charge in [-0.25, -0.2) is 4.98 Å². The van der Waals surface area contributed by atoms with Crippen LogP contribution in [0.2, 0.25) is 0 Å². The predicted molar refractivity (Wildman–Crippen MR) is 66.3 cm³/mol. The Kier molecular flexibility index (Phi) is 5.83. The van der Waals surface area contributed by atoms with Crippen LogP contribution in [0.4, 0.5) is 0 Å². The van der Waals surface area contributed by atoms with Crippen LogP contribution >= 0.6 is 11.3 Å². The molecular formula is C11H21N3S. The average Bonchev–Trinajstić information content (AvgIpc) is 2.63.